The molecule has 5 rings (SSSR count). The van der Waals surface area contributed by atoms with Crippen molar-refractivity contribution in [3.8, 4) is 11.3 Å². The molecule has 0 bridgehead atoms. The first-order chi connectivity index (χ1) is 16.1. The van der Waals surface area contributed by atoms with Crippen LogP contribution in [0.25, 0.3) is 11.3 Å². The molecule has 1 aliphatic rings. The van der Waals surface area contributed by atoms with Crippen LogP contribution in [0, 0.1) is 0 Å². The number of hydrogen-bond acceptors (Lipinski definition) is 5. The van der Waals surface area contributed by atoms with E-state index in [1.54, 1.807) is 42.9 Å². The second-order valence-electron chi connectivity index (χ2n) is 7.69. The molecular weight excluding hydrogens is 436 g/mol. The number of nitrogens with zero attached hydrogens (tertiary/aromatic N) is 3. The van der Waals surface area contributed by atoms with Gasteiger partial charge in [-0.1, -0.05) is 18.2 Å². The number of benzene rings is 1. The van der Waals surface area contributed by atoms with Gasteiger partial charge in [-0.3, -0.25) is 9.97 Å². The van der Waals surface area contributed by atoms with Crippen LogP contribution in [-0.2, 0) is 6.54 Å². The number of nitrogens with one attached hydrogen (secondary N) is 1. The zero-order valence-corrected chi connectivity index (χ0v) is 18.3. The first-order valence-corrected chi connectivity index (χ1v) is 10.8. The van der Waals surface area contributed by atoms with Crippen LogP contribution in [0.1, 0.15) is 39.5 Å². The summed E-state index contributed by atoms with van der Waals surface area (Å²) in [6, 6.07) is 19.8. The lowest BCUT2D eigenvalue weighted by molar-refractivity contribution is 0.0697. The molecule has 7 nitrogen and oxygen atoms in total. The highest BCUT2D eigenvalue weighted by Crippen LogP contribution is 2.41. The fraction of sp³-hybridized carbons (Fsp3) is 0.120. The molecule has 33 heavy (non-hydrogen) atoms. The first-order valence-electron chi connectivity index (χ1n) is 10.4. The summed E-state index contributed by atoms with van der Waals surface area (Å²) in [7, 11) is 0. The van der Waals surface area contributed by atoms with Crippen LogP contribution in [0.3, 0.4) is 0 Å². The number of rotatable bonds is 6. The summed E-state index contributed by atoms with van der Waals surface area (Å²) in [5.74, 6) is 0.435. The normalized spacial score (nSPS) is 17.7. The van der Waals surface area contributed by atoms with Gasteiger partial charge < -0.3 is 19.7 Å². The molecule has 4 heterocycles. The molecule has 1 aliphatic heterocycles. The summed E-state index contributed by atoms with van der Waals surface area (Å²) in [6.07, 6.45) is 5.29. The van der Waals surface area contributed by atoms with Crippen LogP contribution in [0.15, 0.2) is 89.7 Å². The minimum absolute atomic E-state index is 0.186. The third-order valence-electron chi connectivity index (χ3n) is 5.63. The molecule has 3 aromatic heterocycles. The quantitative estimate of drug-likeness (QED) is 0.407. The molecule has 164 valence electrons. The highest BCUT2D eigenvalue weighted by atomic mass is 32.1. The summed E-state index contributed by atoms with van der Waals surface area (Å²) >= 11 is 5.71. The molecule has 0 unspecified atom stereocenters. The second-order valence-corrected chi connectivity index (χ2v) is 8.08. The number of pyridine rings is 2. The van der Waals surface area contributed by atoms with Gasteiger partial charge in [-0.05, 0) is 66.3 Å². The maximum absolute atomic E-state index is 11.2. The maximum atomic E-state index is 11.2. The molecule has 1 fully saturated rings. The molecule has 2 atom stereocenters. The highest BCUT2D eigenvalue weighted by Gasteiger charge is 2.41. The van der Waals surface area contributed by atoms with Crippen molar-refractivity contribution in [2.75, 3.05) is 0 Å². The molecule has 8 heteroatoms. The monoisotopic (exact) mass is 456 g/mol. The van der Waals surface area contributed by atoms with Crippen LogP contribution in [0.2, 0.25) is 0 Å². The predicted molar refractivity (Wildman–Crippen MR) is 126 cm³/mol. The Bertz CT molecular complexity index is 1280. The van der Waals surface area contributed by atoms with Crippen molar-refractivity contribution < 1.29 is 14.3 Å². The number of carbonyl (C=O) groups is 1. The van der Waals surface area contributed by atoms with E-state index >= 15 is 0 Å². The lowest BCUT2D eigenvalue weighted by atomic mass is 10.0. The smallest absolute Gasteiger partial charge is 0.335 e. The van der Waals surface area contributed by atoms with E-state index in [9.17, 15) is 4.79 Å². The van der Waals surface area contributed by atoms with Gasteiger partial charge in [-0.15, -0.1) is 0 Å². The van der Waals surface area contributed by atoms with E-state index in [-0.39, 0.29) is 17.6 Å². The van der Waals surface area contributed by atoms with E-state index in [4.69, 9.17) is 21.7 Å². The van der Waals surface area contributed by atoms with Crippen LogP contribution >= 0.6 is 12.2 Å². The van der Waals surface area contributed by atoms with Crippen molar-refractivity contribution in [2.24, 2.45) is 0 Å². The van der Waals surface area contributed by atoms with E-state index in [0.29, 0.717) is 17.4 Å². The molecule has 1 aromatic carbocycles. The van der Waals surface area contributed by atoms with Crippen LogP contribution in [0.4, 0.5) is 0 Å². The standard InChI is InChI=1S/C25H20N4O3S/c30-24(31)18-6-4-17(5-7-18)20-8-9-21(32-20)23-22(19-3-1-2-12-27-19)28-25(33)29(23)15-16-10-13-26-14-11-16/h1-14,22-23H,15H2,(H,28,33)(H,30,31)/t22-,23-/m0/s1. The third kappa shape index (κ3) is 4.20. The van der Waals surface area contributed by atoms with E-state index in [1.165, 1.54) is 0 Å². The van der Waals surface area contributed by atoms with Crippen LogP contribution < -0.4 is 5.32 Å². The van der Waals surface area contributed by atoms with E-state index in [1.807, 2.05) is 42.5 Å². The number of furan rings is 1. The second kappa shape index (κ2) is 8.84. The molecule has 0 spiro atoms. The Morgan fingerprint density at radius 1 is 1.03 bits per heavy atom. The number of hydrogen-bond donors (Lipinski definition) is 2. The number of carboxylic acids is 1. The third-order valence-corrected chi connectivity index (χ3v) is 5.99. The average Bonchev–Trinajstić information content (AvgIpc) is 3.45. The molecule has 0 amide bonds. The lowest BCUT2D eigenvalue weighted by Crippen LogP contribution is -2.29. The summed E-state index contributed by atoms with van der Waals surface area (Å²) in [5.41, 5.74) is 2.98. The molecule has 4 aromatic rings. The van der Waals surface area contributed by atoms with Gasteiger partial charge in [0.1, 0.15) is 17.6 Å². The molecule has 0 saturated carbocycles. The fourth-order valence-electron chi connectivity index (χ4n) is 4.01. The molecule has 2 N–H and O–H groups in total. The van der Waals surface area contributed by atoms with Gasteiger partial charge in [0.25, 0.3) is 0 Å². The van der Waals surface area contributed by atoms with Gasteiger partial charge in [-0.2, -0.15) is 0 Å². The Morgan fingerprint density at radius 3 is 2.52 bits per heavy atom. The Hall–Kier alpha value is -4.04. The minimum Gasteiger partial charge on any atom is -0.478 e. The van der Waals surface area contributed by atoms with Crippen LogP contribution in [0.5, 0.6) is 0 Å². The summed E-state index contributed by atoms with van der Waals surface area (Å²) in [6.45, 7) is 0.589. The first kappa shape index (κ1) is 20.8. The number of aromatic nitrogens is 2. The Morgan fingerprint density at radius 2 is 1.82 bits per heavy atom. The van der Waals surface area contributed by atoms with E-state index in [0.717, 1.165) is 22.6 Å². The van der Waals surface area contributed by atoms with Crippen molar-refractivity contribution in [1.29, 1.82) is 0 Å². The summed E-state index contributed by atoms with van der Waals surface area (Å²) < 4.78 is 6.29. The SMILES string of the molecule is O=C(O)c1ccc(-c2ccc([C@H]3[C@H](c4ccccn4)NC(=S)N3Cc3ccncc3)o2)cc1. The highest BCUT2D eigenvalue weighted by molar-refractivity contribution is 7.80. The predicted octanol–water partition coefficient (Wildman–Crippen LogP) is 4.61. The maximum Gasteiger partial charge on any atom is 0.335 e. The topological polar surface area (TPSA) is 91.5 Å². The molecule has 0 aliphatic carbocycles. The van der Waals surface area contributed by atoms with Crippen molar-refractivity contribution >= 4 is 23.3 Å². The fourth-order valence-corrected chi connectivity index (χ4v) is 4.32. The Labute approximate surface area is 195 Å². The van der Waals surface area contributed by atoms with E-state index < -0.39 is 5.97 Å². The van der Waals surface area contributed by atoms with Gasteiger partial charge in [0.05, 0.1) is 17.3 Å². The van der Waals surface area contributed by atoms with Crippen LogP contribution in [-0.4, -0.2) is 31.1 Å². The van der Waals surface area contributed by atoms with Gasteiger partial charge in [-0.25, -0.2) is 4.79 Å². The molecular formula is C25H20N4O3S. The lowest BCUT2D eigenvalue weighted by Gasteiger charge is -2.26. The Balaban J connectivity index is 1.51. The van der Waals surface area contributed by atoms with Gasteiger partial charge >= 0.3 is 5.97 Å². The average molecular weight is 457 g/mol. The van der Waals surface area contributed by atoms with Crippen molar-refractivity contribution in [3.63, 3.8) is 0 Å². The Kier molecular flexibility index (Phi) is 5.58. The van der Waals surface area contributed by atoms with Crippen molar-refractivity contribution in [1.82, 2.24) is 20.2 Å². The van der Waals surface area contributed by atoms with Gasteiger partial charge in [0.15, 0.2) is 5.11 Å². The van der Waals surface area contributed by atoms with Crippen molar-refractivity contribution in [2.45, 2.75) is 18.6 Å². The van der Waals surface area contributed by atoms with Crippen molar-refractivity contribution in [3.05, 3.63) is 108 Å². The van der Waals surface area contributed by atoms with E-state index in [2.05, 4.69) is 20.2 Å². The summed E-state index contributed by atoms with van der Waals surface area (Å²) in [4.78, 5) is 21.9. The van der Waals surface area contributed by atoms with Gasteiger partial charge in [0.2, 0.25) is 0 Å². The zero-order chi connectivity index (χ0) is 22.8. The number of carboxylic acid groups (broad SMARTS) is 1. The minimum atomic E-state index is -0.961. The zero-order valence-electron chi connectivity index (χ0n) is 17.5. The largest absolute Gasteiger partial charge is 0.478 e. The number of aromatic carboxylic acids is 1. The van der Waals surface area contributed by atoms with Gasteiger partial charge in [0, 0.05) is 30.7 Å². The molecule has 0 radical (unpaired) electrons. The summed E-state index contributed by atoms with van der Waals surface area (Å²) in [5, 5.41) is 13.2. The molecule has 1 saturated heterocycles. The number of thiocarbonyl (C=S) groups is 1.